The molecule has 0 radical (unpaired) electrons. The van der Waals surface area contributed by atoms with E-state index >= 15 is 0 Å². The Kier molecular flexibility index (Phi) is 9.82. The van der Waals surface area contributed by atoms with Crippen molar-refractivity contribution in [1.29, 1.82) is 0 Å². The van der Waals surface area contributed by atoms with E-state index in [9.17, 15) is 14.4 Å². The maximum Gasteiger partial charge on any atom is 0.273 e. The topological polar surface area (TPSA) is 101 Å². The molecule has 2 aromatic rings. The number of benzene rings is 1. The van der Waals surface area contributed by atoms with E-state index in [2.05, 4.69) is 29.5 Å². The molecule has 8 nitrogen and oxygen atoms in total. The van der Waals surface area contributed by atoms with Crippen LogP contribution >= 0.6 is 11.3 Å². The summed E-state index contributed by atoms with van der Waals surface area (Å²) in [6.07, 6.45) is 0.657. The number of aromatic nitrogens is 1. The van der Waals surface area contributed by atoms with Crippen LogP contribution in [0.3, 0.4) is 0 Å². The largest absolute Gasteiger partial charge is 0.483 e. The molecule has 0 fully saturated rings. The van der Waals surface area contributed by atoms with Crippen LogP contribution in [0.5, 0.6) is 5.75 Å². The lowest BCUT2D eigenvalue weighted by atomic mass is 10.0. The van der Waals surface area contributed by atoms with E-state index in [4.69, 9.17) is 4.74 Å². The Hall–Kier alpha value is -2.94. The van der Waals surface area contributed by atoms with Crippen LogP contribution in [0, 0.1) is 5.92 Å². The van der Waals surface area contributed by atoms with Crippen LogP contribution in [-0.4, -0.2) is 52.8 Å². The molecule has 0 unspecified atom stereocenters. The van der Waals surface area contributed by atoms with Gasteiger partial charge in [0, 0.05) is 24.0 Å². The number of rotatable bonds is 10. The molecule has 1 aromatic carbocycles. The highest BCUT2D eigenvalue weighted by molar-refractivity contribution is 7.09. The van der Waals surface area contributed by atoms with Crippen LogP contribution in [-0.2, 0) is 4.79 Å². The Balaban J connectivity index is 2.19. The fourth-order valence-corrected chi connectivity index (χ4v) is 4.12. The molecule has 2 rings (SSSR count). The maximum absolute atomic E-state index is 13.3. The summed E-state index contributed by atoms with van der Waals surface area (Å²) in [4.78, 5) is 44.3. The number of carbonyl (C=O) groups is 3. The molecule has 1 aromatic heterocycles. The lowest BCUT2D eigenvalue weighted by molar-refractivity contribution is -0.124. The monoisotopic (exact) mass is 502 g/mol. The van der Waals surface area contributed by atoms with Crippen molar-refractivity contribution in [2.45, 2.75) is 72.5 Å². The van der Waals surface area contributed by atoms with E-state index in [0.29, 0.717) is 28.4 Å². The molecule has 1 atom stereocenters. The van der Waals surface area contributed by atoms with E-state index in [1.807, 2.05) is 34.6 Å². The molecular formula is C26H38N4O4S. The summed E-state index contributed by atoms with van der Waals surface area (Å²) in [7, 11) is 1.75. The minimum atomic E-state index is -0.376. The number of nitrogens with one attached hydrogen (secondary N) is 2. The summed E-state index contributed by atoms with van der Waals surface area (Å²) in [5.74, 6) is -0.133. The average molecular weight is 503 g/mol. The first-order valence-corrected chi connectivity index (χ1v) is 12.7. The average Bonchev–Trinajstić information content (AvgIpc) is 3.25. The normalized spacial score (nSPS) is 12.4. The molecular weight excluding hydrogens is 464 g/mol. The van der Waals surface area contributed by atoms with Crippen molar-refractivity contribution in [3.63, 3.8) is 0 Å². The zero-order valence-electron chi connectivity index (χ0n) is 22.0. The van der Waals surface area contributed by atoms with Crippen LogP contribution in [0.1, 0.15) is 86.8 Å². The number of hydrogen-bond acceptors (Lipinski definition) is 6. The second kappa shape index (κ2) is 12.2. The Labute approximate surface area is 212 Å². The van der Waals surface area contributed by atoms with Crippen molar-refractivity contribution in [2.75, 3.05) is 13.7 Å². The zero-order chi connectivity index (χ0) is 26.3. The van der Waals surface area contributed by atoms with Crippen molar-refractivity contribution in [2.24, 2.45) is 5.92 Å². The van der Waals surface area contributed by atoms with Crippen molar-refractivity contribution >= 4 is 29.1 Å². The summed E-state index contributed by atoms with van der Waals surface area (Å²) < 4.78 is 5.68. The summed E-state index contributed by atoms with van der Waals surface area (Å²) in [6.45, 7) is 13.5. The van der Waals surface area contributed by atoms with Gasteiger partial charge in [-0.2, -0.15) is 0 Å². The van der Waals surface area contributed by atoms with E-state index < -0.39 is 0 Å². The summed E-state index contributed by atoms with van der Waals surface area (Å²) in [5, 5.41) is 8.31. The first-order chi connectivity index (χ1) is 16.3. The molecule has 0 aliphatic heterocycles. The number of thiazole rings is 1. The lowest BCUT2D eigenvalue weighted by Crippen LogP contribution is -2.43. The molecule has 9 heteroatoms. The van der Waals surface area contributed by atoms with Gasteiger partial charge in [0.2, 0.25) is 0 Å². The third-order valence-corrected chi connectivity index (χ3v) is 6.11. The predicted molar refractivity (Wildman–Crippen MR) is 139 cm³/mol. The van der Waals surface area contributed by atoms with Crippen molar-refractivity contribution in [3.8, 4) is 5.75 Å². The standard InChI is InChI=1S/C26H38N4O4S/c1-16(2)13-19(24-28-20(15-35-24)25(33)30(8)17(3)4)27-23(32)18-11-9-10-12-21(18)34-14-22(31)29-26(5,6)7/h9-12,15-17,19H,13-14H2,1-8H3,(H,27,32)(H,29,31)/t19-/m1/s1. The van der Waals surface area contributed by atoms with E-state index in [1.165, 1.54) is 11.3 Å². The van der Waals surface area contributed by atoms with Gasteiger partial charge in [0.1, 0.15) is 16.5 Å². The van der Waals surface area contributed by atoms with Gasteiger partial charge in [-0.25, -0.2) is 4.98 Å². The van der Waals surface area contributed by atoms with E-state index in [1.54, 1.807) is 41.6 Å². The Morgan fingerprint density at radius 1 is 1.11 bits per heavy atom. The third kappa shape index (κ3) is 8.65. The molecule has 192 valence electrons. The second-order valence-corrected chi connectivity index (χ2v) is 11.2. The van der Waals surface area contributed by atoms with Gasteiger partial charge in [-0.3, -0.25) is 14.4 Å². The van der Waals surface area contributed by atoms with Gasteiger partial charge < -0.3 is 20.3 Å². The summed E-state index contributed by atoms with van der Waals surface area (Å²) in [6, 6.07) is 6.52. The first-order valence-electron chi connectivity index (χ1n) is 11.8. The van der Waals surface area contributed by atoms with Gasteiger partial charge in [-0.05, 0) is 59.1 Å². The Morgan fingerprint density at radius 2 is 1.77 bits per heavy atom. The molecule has 35 heavy (non-hydrogen) atoms. The number of amides is 3. The molecule has 0 aliphatic carbocycles. The van der Waals surface area contributed by atoms with Gasteiger partial charge in [-0.15, -0.1) is 11.3 Å². The minimum Gasteiger partial charge on any atom is -0.483 e. The van der Waals surface area contributed by atoms with Gasteiger partial charge in [0.15, 0.2) is 6.61 Å². The highest BCUT2D eigenvalue weighted by Crippen LogP contribution is 2.27. The van der Waals surface area contributed by atoms with Gasteiger partial charge >= 0.3 is 0 Å². The van der Waals surface area contributed by atoms with Crippen LogP contribution < -0.4 is 15.4 Å². The predicted octanol–water partition coefficient (Wildman–Crippen LogP) is 4.43. The third-order valence-electron chi connectivity index (χ3n) is 5.15. The molecule has 0 aliphatic rings. The quantitative estimate of drug-likeness (QED) is 0.500. The van der Waals surface area contributed by atoms with Gasteiger partial charge in [-0.1, -0.05) is 26.0 Å². The number of ether oxygens (including phenoxy) is 1. The van der Waals surface area contributed by atoms with Crippen LogP contribution in [0.4, 0.5) is 0 Å². The maximum atomic E-state index is 13.3. The molecule has 2 N–H and O–H groups in total. The highest BCUT2D eigenvalue weighted by atomic mass is 32.1. The van der Waals surface area contributed by atoms with Crippen LogP contribution in [0.25, 0.3) is 0 Å². The zero-order valence-corrected chi connectivity index (χ0v) is 22.8. The van der Waals surface area contributed by atoms with Crippen molar-refractivity contribution in [3.05, 3.63) is 45.9 Å². The molecule has 0 bridgehead atoms. The fraction of sp³-hybridized carbons (Fsp3) is 0.538. The van der Waals surface area contributed by atoms with E-state index in [-0.39, 0.29) is 47.9 Å². The minimum absolute atomic E-state index is 0.0563. The lowest BCUT2D eigenvalue weighted by Gasteiger charge is -2.22. The molecule has 0 spiro atoms. The molecule has 0 saturated carbocycles. The van der Waals surface area contributed by atoms with E-state index in [0.717, 1.165) is 0 Å². The smallest absolute Gasteiger partial charge is 0.273 e. The fourth-order valence-electron chi connectivity index (χ4n) is 3.27. The summed E-state index contributed by atoms with van der Waals surface area (Å²) >= 11 is 1.36. The highest BCUT2D eigenvalue weighted by Gasteiger charge is 2.25. The SMILES string of the molecule is CC(C)C[C@@H](NC(=O)c1ccccc1OCC(=O)NC(C)(C)C)c1nc(C(=O)N(C)C(C)C)cs1. The molecule has 0 saturated heterocycles. The van der Waals surface area contributed by atoms with Crippen molar-refractivity contribution < 1.29 is 19.1 Å². The van der Waals surface area contributed by atoms with Crippen LogP contribution in [0.2, 0.25) is 0 Å². The second-order valence-electron chi connectivity index (χ2n) is 10.3. The summed E-state index contributed by atoms with van der Waals surface area (Å²) in [5.41, 5.74) is 0.328. The van der Waals surface area contributed by atoms with Crippen molar-refractivity contribution in [1.82, 2.24) is 20.5 Å². The Bertz CT molecular complexity index is 1030. The Morgan fingerprint density at radius 3 is 2.37 bits per heavy atom. The number of carbonyl (C=O) groups excluding carboxylic acids is 3. The number of para-hydroxylation sites is 1. The van der Waals surface area contributed by atoms with Gasteiger partial charge in [0.05, 0.1) is 11.6 Å². The van der Waals surface area contributed by atoms with Gasteiger partial charge in [0.25, 0.3) is 17.7 Å². The first kappa shape index (κ1) is 28.3. The molecule has 1 heterocycles. The van der Waals surface area contributed by atoms with Crippen LogP contribution in [0.15, 0.2) is 29.6 Å². The number of hydrogen-bond donors (Lipinski definition) is 2. The number of nitrogens with zero attached hydrogens (tertiary/aromatic N) is 2. The molecule has 3 amide bonds.